The zero-order valence-electron chi connectivity index (χ0n) is 23.7. The molecule has 2 aliphatic rings. The molecule has 3 N–H and O–H groups in total. The lowest BCUT2D eigenvalue weighted by Crippen LogP contribution is -2.48. The van der Waals surface area contributed by atoms with Crippen molar-refractivity contribution in [3.05, 3.63) is 77.2 Å². The van der Waals surface area contributed by atoms with Crippen LogP contribution in [0.3, 0.4) is 0 Å². The van der Waals surface area contributed by atoms with Crippen molar-refractivity contribution in [2.24, 2.45) is 0 Å². The summed E-state index contributed by atoms with van der Waals surface area (Å²) >= 11 is 0. The molecular formula is C31H40F2N6O2. The van der Waals surface area contributed by atoms with Gasteiger partial charge in [0.15, 0.2) is 5.82 Å². The number of aryl methyl sites for hydroxylation is 1. The van der Waals surface area contributed by atoms with Crippen molar-refractivity contribution in [2.45, 2.75) is 57.7 Å². The molecule has 2 heterocycles. The van der Waals surface area contributed by atoms with E-state index in [1.165, 1.54) is 6.07 Å². The molecule has 5 rings (SSSR count). The first-order chi connectivity index (χ1) is 20.0. The number of halogens is 2. The molecule has 1 amide bonds. The lowest BCUT2D eigenvalue weighted by atomic mass is 9.87. The number of rotatable bonds is 12. The Bertz CT molecular complexity index is 1310. The summed E-state index contributed by atoms with van der Waals surface area (Å²) in [5.41, 5.74) is 3.40. The third-order valence-electron chi connectivity index (χ3n) is 7.92. The van der Waals surface area contributed by atoms with E-state index in [1.54, 1.807) is 6.33 Å². The van der Waals surface area contributed by atoms with Gasteiger partial charge in [-0.15, -0.1) is 0 Å². The number of para-hydroxylation sites is 1. The molecule has 41 heavy (non-hydrogen) atoms. The molecule has 1 aromatic heterocycles. The number of imidazole rings is 1. The molecule has 8 nitrogen and oxygen atoms in total. The van der Waals surface area contributed by atoms with Crippen LogP contribution in [0.5, 0.6) is 0 Å². The van der Waals surface area contributed by atoms with Gasteiger partial charge in [-0.3, -0.25) is 9.69 Å². The lowest BCUT2D eigenvalue weighted by Gasteiger charge is -2.29. The van der Waals surface area contributed by atoms with E-state index in [-0.39, 0.29) is 11.9 Å². The smallest absolute Gasteiger partial charge is 0.242 e. The van der Waals surface area contributed by atoms with E-state index in [1.807, 2.05) is 35.9 Å². The van der Waals surface area contributed by atoms with Crippen LogP contribution in [-0.2, 0) is 28.9 Å². The average molecular weight is 567 g/mol. The summed E-state index contributed by atoms with van der Waals surface area (Å²) in [5, 5.41) is 9.94. The Morgan fingerprint density at radius 1 is 1.20 bits per heavy atom. The molecule has 0 bridgehead atoms. The van der Waals surface area contributed by atoms with Gasteiger partial charge in [-0.1, -0.05) is 31.5 Å². The highest BCUT2D eigenvalue weighted by molar-refractivity contribution is 5.94. The molecule has 0 saturated carbocycles. The third-order valence-corrected chi connectivity index (χ3v) is 7.92. The predicted molar refractivity (Wildman–Crippen MR) is 155 cm³/mol. The number of anilines is 1. The van der Waals surface area contributed by atoms with Crippen LogP contribution in [-0.4, -0.2) is 71.8 Å². The number of benzene rings is 2. The van der Waals surface area contributed by atoms with Crippen LogP contribution >= 0.6 is 0 Å². The molecule has 1 fully saturated rings. The lowest BCUT2D eigenvalue weighted by molar-refractivity contribution is -0.118. The third kappa shape index (κ3) is 7.77. The SMILES string of the molecule is CCC[C@H](N[C@H]1CCc2cc(F)cc(F)c2C1)C(=O)Nc1cn(-c2ccccc2CNCCN2CCOCC2)cn1. The summed E-state index contributed by atoms with van der Waals surface area (Å²) < 4.78 is 35.4. The van der Waals surface area contributed by atoms with Gasteiger partial charge in [-0.25, -0.2) is 13.8 Å². The van der Waals surface area contributed by atoms with Gasteiger partial charge in [0.05, 0.1) is 31.1 Å². The zero-order chi connectivity index (χ0) is 28.6. The number of amides is 1. The molecule has 220 valence electrons. The first kappa shape index (κ1) is 29.3. The second-order valence-electron chi connectivity index (χ2n) is 10.9. The van der Waals surface area contributed by atoms with Crippen LogP contribution in [0.2, 0.25) is 0 Å². The first-order valence-electron chi connectivity index (χ1n) is 14.7. The van der Waals surface area contributed by atoms with Crippen molar-refractivity contribution in [3.8, 4) is 5.69 Å². The van der Waals surface area contributed by atoms with Crippen molar-refractivity contribution in [3.63, 3.8) is 0 Å². The number of ether oxygens (including phenoxy) is 1. The topological polar surface area (TPSA) is 83.5 Å². The van der Waals surface area contributed by atoms with Crippen molar-refractivity contribution in [1.29, 1.82) is 0 Å². The summed E-state index contributed by atoms with van der Waals surface area (Å²) in [6.07, 6.45) is 6.72. The summed E-state index contributed by atoms with van der Waals surface area (Å²) in [4.78, 5) is 20.1. The minimum atomic E-state index is -0.544. The fraction of sp³-hybridized carbons (Fsp3) is 0.484. The monoisotopic (exact) mass is 566 g/mol. The average Bonchev–Trinajstić information content (AvgIpc) is 3.44. The molecule has 1 aliphatic heterocycles. The van der Waals surface area contributed by atoms with Crippen molar-refractivity contribution < 1.29 is 18.3 Å². The quantitative estimate of drug-likeness (QED) is 0.289. The van der Waals surface area contributed by atoms with E-state index in [0.717, 1.165) is 81.7 Å². The Kier molecular flexibility index (Phi) is 10.1. The minimum Gasteiger partial charge on any atom is -0.379 e. The first-order valence-corrected chi connectivity index (χ1v) is 14.7. The second kappa shape index (κ2) is 14.1. The highest BCUT2D eigenvalue weighted by Gasteiger charge is 2.27. The van der Waals surface area contributed by atoms with Crippen LogP contribution in [0.1, 0.15) is 42.9 Å². The maximum absolute atomic E-state index is 14.4. The van der Waals surface area contributed by atoms with E-state index in [0.29, 0.717) is 30.6 Å². The molecular weight excluding hydrogens is 526 g/mol. The molecule has 0 unspecified atom stereocenters. The van der Waals surface area contributed by atoms with E-state index < -0.39 is 17.7 Å². The summed E-state index contributed by atoms with van der Waals surface area (Å²) in [7, 11) is 0. The van der Waals surface area contributed by atoms with E-state index in [4.69, 9.17) is 4.74 Å². The maximum Gasteiger partial charge on any atom is 0.242 e. The summed E-state index contributed by atoms with van der Waals surface area (Å²) in [6, 6.07) is 10.00. The van der Waals surface area contributed by atoms with Crippen LogP contribution in [0, 0.1) is 11.6 Å². The number of carbonyl (C=O) groups is 1. The van der Waals surface area contributed by atoms with Crippen molar-refractivity contribution in [2.75, 3.05) is 44.7 Å². The molecule has 1 saturated heterocycles. The standard InChI is InChI=1S/C31H40F2N6O2/c1-2-5-28(36-25-9-8-22-16-24(32)17-27(33)26(22)18-25)31(40)37-30-20-39(21-35-30)29-7-4-3-6-23(29)19-34-10-11-38-12-14-41-15-13-38/h3-4,6-7,16-17,20-21,25,28,34,36H,2,5,8-15,18-19H2,1H3,(H,37,40)/t25-,28-/m0/s1. The fourth-order valence-corrected chi connectivity index (χ4v) is 5.72. The number of nitrogens with one attached hydrogen (secondary N) is 3. The molecule has 2 aromatic carbocycles. The number of hydrogen-bond donors (Lipinski definition) is 3. The van der Waals surface area contributed by atoms with Crippen molar-refractivity contribution >= 4 is 11.7 Å². The summed E-state index contributed by atoms with van der Waals surface area (Å²) in [6.45, 7) is 8.18. The largest absolute Gasteiger partial charge is 0.379 e. The number of hydrogen-bond acceptors (Lipinski definition) is 6. The molecule has 0 radical (unpaired) electrons. The molecule has 2 atom stereocenters. The molecule has 10 heteroatoms. The van der Waals surface area contributed by atoms with Gasteiger partial charge in [0, 0.05) is 44.8 Å². The van der Waals surface area contributed by atoms with Gasteiger partial charge in [0.2, 0.25) is 5.91 Å². The second-order valence-corrected chi connectivity index (χ2v) is 10.9. The van der Waals surface area contributed by atoms with Gasteiger partial charge in [0.1, 0.15) is 18.0 Å². The highest BCUT2D eigenvalue weighted by atomic mass is 19.1. The van der Waals surface area contributed by atoms with Crippen LogP contribution in [0.4, 0.5) is 14.6 Å². The Morgan fingerprint density at radius 3 is 2.85 bits per heavy atom. The van der Waals surface area contributed by atoms with Gasteiger partial charge in [-0.05, 0) is 54.5 Å². The zero-order valence-corrected chi connectivity index (χ0v) is 23.7. The normalized spacial score (nSPS) is 18.2. The van der Waals surface area contributed by atoms with Gasteiger partial charge >= 0.3 is 0 Å². The maximum atomic E-state index is 14.4. The molecule has 3 aromatic rings. The molecule has 0 spiro atoms. The predicted octanol–water partition coefficient (Wildman–Crippen LogP) is 3.83. The number of morpholine rings is 1. The van der Waals surface area contributed by atoms with Crippen LogP contribution < -0.4 is 16.0 Å². The number of aromatic nitrogens is 2. The number of fused-ring (bicyclic) bond motifs is 1. The van der Waals surface area contributed by atoms with E-state index in [9.17, 15) is 13.6 Å². The van der Waals surface area contributed by atoms with Gasteiger partial charge < -0.3 is 25.3 Å². The Balaban J connectivity index is 1.17. The Labute approximate surface area is 240 Å². The fourth-order valence-electron chi connectivity index (χ4n) is 5.72. The summed E-state index contributed by atoms with van der Waals surface area (Å²) in [5.74, 6) is -0.747. The van der Waals surface area contributed by atoms with Crippen LogP contribution in [0.25, 0.3) is 5.69 Å². The molecule has 1 aliphatic carbocycles. The van der Waals surface area contributed by atoms with E-state index in [2.05, 4.69) is 31.9 Å². The van der Waals surface area contributed by atoms with E-state index >= 15 is 0 Å². The van der Waals surface area contributed by atoms with Gasteiger partial charge in [-0.2, -0.15) is 0 Å². The minimum absolute atomic E-state index is 0.0649. The number of carbonyl (C=O) groups excluding carboxylic acids is 1. The van der Waals surface area contributed by atoms with Crippen LogP contribution in [0.15, 0.2) is 48.9 Å². The Morgan fingerprint density at radius 2 is 2.02 bits per heavy atom. The number of nitrogens with zero attached hydrogens (tertiary/aromatic N) is 3. The van der Waals surface area contributed by atoms with Gasteiger partial charge in [0.25, 0.3) is 0 Å². The Hall–Kier alpha value is -3.18. The van der Waals surface area contributed by atoms with Crippen molar-refractivity contribution in [1.82, 2.24) is 25.1 Å². The highest BCUT2D eigenvalue weighted by Crippen LogP contribution is 2.26.